The Kier molecular flexibility index (Phi) is 6.10. The van der Waals surface area contributed by atoms with Crippen LogP contribution in [0.1, 0.15) is 37.7 Å². The number of rotatable bonds is 7. The first-order chi connectivity index (χ1) is 7.29. The van der Waals surface area contributed by atoms with Crippen molar-refractivity contribution in [3.8, 4) is 0 Å². The van der Waals surface area contributed by atoms with Crippen molar-refractivity contribution in [2.45, 2.75) is 38.5 Å². The molecule has 0 spiro atoms. The fraction of sp³-hybridized carbons (Fsp3) is 0.462. The van der Waals surface area contributed by atoms with Crippen molar-refractivity contribution in [1.29, 1.82) is 0 Å². The number of aryl methyl sites for hydroxylation is 1. The van der Waals surface area contributed by atoms with Crippen molar-refractivity contribution < 1.29 is 4.79 Å². The monoisotopic (exact) mass is 224 g/mol. The minimum Gasteiger partial charge on any atom is -0.281 e. The van der Waals surface area contributed by atoms with Gasteiger partial charge in [-0.05, 0) is 36.4 Å². The summed E-state index contributed by atoms with van der Waals surface area (Å²) in [7, 11) is 0. The first-order valence-corrected chi connectivity index (χ1v) is 5.89. The topological polar surface area (TPSA) is 17.1 Å². The second kappa shape index (κ2) is 7.47. The van der Waals surface area contributed by atoms with E-state index in [4.69, 9.17) is 11.6 Å². The van der Waals surface area contributed by atoms with Crippen molar-refractivity contribution in [2.24, 2.45) is 0 Å². The molecule has 82 valence electrons. The Hall–Kier alpha value is -0.820. The molecule has 0 aliphatic rings. The maximum Gasteiger partial charge on any atom is 0.221 e. The van der Waals surface area contributed by atoms with Crippen LogP contribution in [0.15, 0.2) is 30.3 Å². The average molecular weight is 225 g/mol. The Balaban J connectivity index is 2.00. The Morgan fingerprint density at radius 1 is 1.00 bits per heavy atom. The van der Waals surface area contributed by atoms with E-state index in [1.807, 2.05) is 6.07 Å². The standard InChI is InChI=1S/C13H17ClO/c14-13(15)11-7-2-1-4-8-12-9-5-3-6-10-12/h3,5-6,9-10H,1-2,4,7-8,11H2. The van der Waals surface area contributed by atoms with Crippen LogP contribution < -0.4 is 0 Å². The van der Waals surface area contributed by atoms with Crippen LogP contribution in [-0.2, 0) is 11.2 Å². The highest BCUT2D eigenvalue weighted by Crippen LogP contribution is 2.09. The molecule has 2 heteroatoms. The third-order valence-electron chi connectivity index (χ3n) is 2.43. The third-order valence-corrected chi connectivity index (χ3v) is 2.62. The molecule has 0 atom stereocenters. The Labute approximate surface area is 96.5 Å². The largest absolute Gasteiger partial charge is 0.281 e. The van der Waals surface area contributed by atoms with Crippen LogP contribution in [0.3, 0.4) is 0 Å². The molecule has 0 bridgehead atoms. The lowest BCUT2D eigenvalue weighted by molar-refractivity contribution is -0.111. The SMILES string of the molecule is O=C(Cl)CCCCCCc1ccccc1. The minimum absolute atomic E-state index is 0.210. The molecule has 0 saturated heterocycles. The molecule has 0 amide bonds. The summed E-state index contributed by atoms with van der Waals surface area (Å²) in [5.41, 5.74) is 1.39. The lowest BCUT2D eigenvalue weighted by atomic mass is 10.1. The summed E-state index contributed by atoms with van der Waals surface area (Å²) in [6.45, 7) is 0. The van der Waals surface area contributed by atoms with Gasteiger partial charge in [0.15, 0.2) is 0 Å². The molecule has 1 aromatic rings. The van der Waals surface area contributed by atoms with E-state index in [1.54, 1.807) is 0 Å². The number of unbranched alkanes of at least 4 members (excludes halogenated alkanes) is 3. The van der Waals surface area contributed by atoms with E-state index in [2.05, 4.69) is 24.3 Å². The van der Waals surface area contributed by atoms with E-state index in [0.717, 1.165) is 19.3 Å². The molecule has 0 unspecified atom stereocenters. The molecule has 0 aromatic heterocycles. The molecule has 1 aromatic carbocycles. The summed E-state index contributed by atoms with van der Waals surface area (Å²) >= 11 is 5.25. The van der Waals surface area contributed by atoms with E-state index >= 15 is 0 Å². The van der Waals surface area contributed by atoms with Crippen molar-refractivity contribution >= 4 is 16.8 Å². The van der Waals surface area contributed by atoms with Crippen molar-refractivity contribution in [2.75, 3.05) is 0 Å². The fourth-order valence-corrected chi connectivity index (χ4v) is 1.72. The average Bonchev–Trinajstić information content (AvgIpc) is 2.24. The molecule has 0 aliphatic carbocycles. The molecule has 15 heavy (non-hydrogen) atoms. The lowest BCUT2D eigenvalue weighted by Gasteiger charge is -2.00. The second-order valence-corrected chi connectivity index (χ2v) is 4.18. The van der Waals surface area contributed by atoms with E-state index in [0.29, 0.717) is 6.42 Å². The van der Waals surface area contributed by atoms with Crippen molar-refractivity contribution in [1.82, 2.24) is 0 Å². The maximum absolute atomic E-state index is 10.5. The molecule has 1 nitrogen and oxygen atoms in total. The second-order valence-electron chi connectivity index (χ2n) is 3.75. The van der Waals surface area contributed by atoms with Crippen LogP contribution in [-0.4, -0.2) is 5.24 Å². The quantitative estimate of drug-likeness (QED) is 0.506. The maximum atomic E-state index is 10.5. The van der Waals surface area contributed by atoms with Gasteiger partial charge in [0.1, 0.15) is 0 Å². The highest BCUT2D eigenvalue weighted by Gasteiger charge is 1.96. The third kappa shape index (κ3) is 6.29. The van der Waals surface area contributed by atoms with Crippen LogP contribution in [0.5, 0.6) is 0 Å². The van der Waals surface area contributed by atoms with Crippen LogP contribution >= 0.6 is 11.6 Å². The van der Waals surface area contributed by atoms with Gasteiger partial charge in [-0.15, -0.1) is 0 Å². The van der Waals surface area contributed by atoms with Gasteiger partial charge in [-0.3, -0.25) is 4.79 Å². The van der Waals surface area contributed by atoms with Gasteiger partial charge in [0.2, 0.25) is 5.24 Å². The van der Waals surface area contributed by atoms with Gasteiger partial charge in [-0.2, -0.15) is 0 Å². The van der Waals surface area contributed by atoms with Gasteiger partial charge < -0.3 is 0 Å². The predicted molar refractivity (Wildman–Crippen MR) is 64.1 cm³/mol. The first kappa shape index (κ1) is 12.3. The number of hydrogen-bond donors (Lipinski definition) is 0. The molecule has 0 radical (unpaired) electrons. The Bertz CT molecular complexity index is 282. The fourth-order valence-electron chi connectivity index (χ4n) is 1.59. The van der Waals surface area contributed by atoms with Crippen molar-refractivity contribution in [3.63, 3.8) is 0 Å². The van der Waals surface area contributed by atoms with Gasteiger partial charge >= 0.3 is 0 Å². The van der Waals surface area contributed by atoms with Crippen LogP contribution in [0, 0.1) is 0 Å². The number of hydrogen-bond acceptors (Lipinski definition) is 1. The molecular weight excluding hydrogens is 208 g/mol. The highest BCUT2D eigenvalue weighted by molar-refractivity contribution is 6.63. The summed E-state index contributed by atoms with van der Waals surface area (Å²) in [5.74, 6) is 0. The minimum atomic E-state index is -0.210. The number of carbonyl (C=O) groups excluding carboxylic acids is 1. The molecule has 1 rings (SSSR count). The van der Waals surface area contributed by atoms with E-state index in [1.165, 1.54) is 18.4 Å². The van der Waals surface area contributed by atoms with E-state index in [-0.39, 0.29) is 5.24 Å². The number of benzene rings is 1. The first-order valence-electron chi connectivity index (χ1n) is 5.51. The summed E-state index contributed by atoms with van der Waals surface area (Å²) in [6, 6.07) is 10.5. The van der Waals surface area contributed by atoms with Crippen LogP contribution in [0.2, 0.25) is 0 Å². The summed E-state index contributed by atoms with van der Waals surface area (Å²) in [4.78, 5) is 10.5. The predicted octanol–water partition coefficient (Wildman–Crippen LogP) is 3.95. The normalized spacial score (nSPS) is 10.2. The smallest absolute Gasteiger partial charge is 0.221 e. The molecule has 0 N–H and O–H groups in total. The summed E-state index contributed by atoms with van der Waals surface area (Å²) < 4.78 is 0. The van der Waals surface area contributed by atoms with Gasteiger partial charge in [0.05, 0.1) is 0 Å². The highest BCUT2D eigenvalue weighted by atomic mass is 35.5. The van der Waals surface area contributed by atoms with Crippen molar-refractivity contribution in [3.05, 3.63) is 35.9 Å². The van der Waals surface area contributed by atoms with Crippen LogP contribution in [0.25, 0.3) is 0 Å². The molecular formula is C13H17ClO. The lowest BCUT2D eigenvalue weighted by Crippen LogP contribution is -1.88. The summed E-state index contributed by atoms with van der Waals surface area (Å²) in [5, 5.41) is -0.210. The van der Waals surface area contributed by atoms with Gasteiger partial charge in [0.25, 0.3) is 0 Å². The zero-order valence-electron chi connectivity index (χ0n) is 8.92. The van der Waals surface area contributed by atoms with Gasteiger partial charge in [-0.1, -0.05) is 43.2 Å². The van der Waals surface area contributed by atoms with E-state index < -0.39 is 0 Å². The zero-order valence-corrected chi connectivity index (χ0v) is 9.67. The van der Waals surface area contributed by atoms with E-state index in [9.17, 15) is 4.79 Å². The zero-order chi connectivity index (χ0) is 10.9. The number of halogens is 1. The van der Waals surface area contributed by atoms with Crippen LogP contribution in [0.4, 0.5) is 0 Å². The summed E-state index contributed by atoms with van der Waals surface area (Å²) in [6.07, 6.45) is 6.06. The number of carbonyl (C=O) groups is 1. The molecule has 0 saturated carbocycles. The van der Waals surface area contributed by atoms with Gasteiger partial charge in [-0.25, -0.2) is 0 Å². The molecule has 0 heterocycles. The Morgan fingerprint density at radius 3 is 2.33 bits per heavy atom. The van der Waals surface area contributed by atoms with Gasteiger partial charge in [0, 0.05) is 6.42 Å². The molecule has 0 aliphatic heterocycles. The molecule has 0 fully saturated rings. The Morgan fingerprint density at radius 2 is 1.67 bits per heavy atom.